The molecule has 10 N–H and O–H groups in total. The predicted octanol–water partition coefficient (Wildman–Crippen LogP) is 4.85. The number of carbonyl (C=O) groups excluding carboxylic acids is 1. The molecule has 2 aromatic carbocycles. The summed E-state index contributed by atoms with van der Waals surface area (Å²) >= 11 is 0. The fourth-order valence-corrected chi connectivity index (χ4v) is 4.64. The number of alkyl halides is 9. The van der Waals surface area contributed by atoms with Crippen LogP contribution in [0.15, 0.2) is 42.5 Å². The normalized spacial score (nSPS) is 15.4. The zero-order valence-corrected chi connectivity index (χ0v) is 28.5. The summed E-state index contributed by atoms with van der Waals surface area (Å²) < 4.78 is 95.2. The lowest BCUT2D eigenvalue weighted by Gasteiger charge is -2.33. The first-order valence-electron chi connectivity index (χ1n) is 15.6. The lowest BCUT2D eigenvalue weighted by atomic mass is 9.90. The molecule has 4 aromatic rings. The Hall–Kier alpha value is -6.43. The fourth-order valence-electron chi connectivity index (χ4n) is 4.64. The highest BCUT2D eigenvalue weighted by Gasteiger charge is 2.39. The van der Waals surface area contributed by atoms with Crippen molar-refractivity contribution in [2.45, 2.75) is 69.8 Å². The van der Waals surface area contributed by atoms with Crippen molar-refractivity contribution in [2.24, 2.45) is 5.73 Å². The van der Waals surface area contributed by atoms with Gasteiger partial charge in [-0.2, -0.15) is 39.5 Å². The van der Waals surface area contributed by atoms with E-state index in [0.29, 0.717) is 17.2 Å². The Morgan fingerprint density at radius 2 is 1.32 bits per heavy atom. The number of H-pyrrole nitrogens is 1. The number of amides is 1. The van der Waals surface area contributed by atoms with Gasteiger partial charge in [0.1, 0.15) is 11.6 Å². The van der Waals surface area contributed by atoms with E-state index in [-0.39, 0.29) is 36.3 Å². The molecule has 1 amide bonds. The van der Waals surface area contributed by atoms with E-state index >= 15 is 0 Å². The first-order chi connectivity index (χ1) is 25.8. The second-order valence-electron chi connectivity index (χ2n) is 11.4. The van der Waals surface area contributed by atoms with Gasteiger partial charge < -0.3 is 42.0 Å². The molecule has 1 aliphatic rings. The third-order valence-corrected chi connectivity index (χ3v) is 7.07. The number of hydrogen-bond acceptors (Lipinski definition) is 9. The Morgan fingerprint density at radius 1 is 0.804 bits per heavy atom. The zero-order chi connectivity index (χ0) is 42.6. The molecule has 1 fully saturated rings. The molecule has 2 unspecified atom stereocenters. The molecule has 1 aliphatic carbocycles. The number of imidazole rings is 1. The van der Waals surface area contributed by atoms with Crippen LogP contribution in [-0.2, 0) is 20.9 Å². The molecule has 25 heteroatoms. The molecule has 0 spiro atoms. The number of nitrogens with two attached hydrogens (primary N) is 1. The molecule has 0 radical (unpaired) electrons. The molecule has 2 atom stereocenters. The molecular weight excluding hydrogens is 781 g/mol. The molecule has 56 heavy (non-hydrogen) atoms. The third kappa shape index (κ3) is 14.8. The monoisotopic (exact) mass is 813 g/mol. The van der Waals surface area contributed by atoms with Gasteiger partial charge in [0.25, 0.3) is 5.91 Å². The van der Waals surface area contributed by atoms with Crippen LogP contribution in [0.2, 0.25) is 0 Å². The number of aromatic amines is 1. The lowest BCUT2D eigenvalue weighted by Crippen LogP contribution is -2.50. The number of benzene rings is 2. The maximum Gasteiger partial charge on any atom is 0.490 e. The highest BCUT2D eigenvalue weighted by molar-refractivity contribution is 5.96. The number of aryl methyl sites for hydroxylation is 1. The number of fused-ring (bicyclic) bond motifs is 2. The van der Waals surface area contributed by atoms with Gasteiger partial charge in [-0.05, 0) is 44.0 Å². The largest absolute Gasteiger partial charge is 0.490 e. The topological polar surface area (TPSA) is 269 Å². The van der Waals surface area contributed by atoms with Crippen molar-refractivity contribution < 1.29 is 74.0 Å². The maximum atomic E-state index is 13.0. The summed E-state index contributed by atoms with van der Waals surface area (Å²) in [6.07, 6.45) is -11.3. The van der Waals surface area contributed by atoms with E-state index in [9.17, 15) is 44.3 Å². The van der Waals surface area contributed by atoms with Crippen molar-refractivity contribution in [1.82, 2.24) is 30.6 Å². The van der Waals surface area contributed by atoms with Crippen LogP contribution >= 0.6 is 0 Å². The highest BCUT2D eigenvalue weighted by atomic mass is 19.4. The van der Waals surface area contributed by atoms with Crippen LogP contribution in [0.4, 0.5) is 45.3 Å². The number of guanidine groups is 1. The smallest absolute Gasteiger partial charge is 0.475 e. The Labute approximate surface area is 308 Å². The maximum absolute atomic E-state index is 13.0. The van der Waals surface area contributed by atoms with Crippen LogP contribution in [0.3, 0.4) is 0 Å². The van der Waals surface area contributed by atoms with Crippen molar-refractivity contribution in [3.8, 4) is 0 Å². The number of anilines is 1. The van der Waals surface area contributed by atoms with Crippen LogP contribution < -0.4 is 21.7 Å². The Morgan fingerprint density at radius 3 is 1.82 bits per heavy atom. The number of aromatic nitrogens is 4. The number of halogens is 9. The molecule has 2 heterocycles. The van der Waals surface area contributed by atoms with Gasteiger partial charge in [-0.15, -0.1) is 0 Å². The van der Waals surface area contributed by atoms with Gasteiger partial charge in [-0.1, -0.05) is 36.6 Å². The molecular formula is C31H32F9N9O7. The van der Waals surface area contributed by atoms with Gasteiger partial charge in [0.05, 0.1) is 23.1 Å². The summed E-state index contributed by atoms with van der Waals surface area (Å²) in [5.74, 6) is -7.33. The first kappa shape index (κ1) is 45.7. The van der Waals surface area contributed by atoms with E-state index in [1.54, 1.807) is 0 Å². The van der Waals surface area contributed by atoms with E-state index in [0.717, 1.165) is 47.7 Å². The number of rotatable bonds is 6. The molecule has 1 saturated carbocycles. The number of carbonyl (C=O) groups is 4. The van der Waals surface area contributed by atoms with Crippen LogP contribution in [0.1, 0.15) is 47.7 Å². The van der Waals surface area contributed by atoms with Gasteiger partial charge in [0.15, 0.2) is 5.96 Å². The highest BCUT2D eigenvalue weighted by Crippen LogP contribution is 2.27. The van der Waals surface area contributed by atoms with Crippen molar-refractivity contribution in [1.29, 1.82) is 5.41 Å². The number of nitrogens with zero attached hydrogens (tertiary/aromatic N) is 3. The fraction of sp³-hybridized carbons (Fsp3) is 0.355. The molecule has 0 saturated heterocycles. The molecule has 306 valence electrons. The van der Waals surface area contributed by atoms with Crippen LogP contribution in [0, 0.1) is 12.3 Å². The molecule has 0 bridgehead atoms. The summed E-state index contributed by atoms with van der Waals surface area (Å²) in [5, 5.41) is 39.4. The van der Waals surface area contributed by atoms with E-state index in [2.05, 4.69) is 35.9 Å². The average molecular weight is 814 g/mol. The van der Waals surface area contributed by atoms with Crippen molar-refractivity contribution >= 4 is 57.5 Å². The molecule has 16 nitrogen and oxygen atoms in total. The summed E-state index contributed by atoms with van der Waals surface area (Å²) in [6.45, 7) is 2.25. The lowest BCUT2D eigenvalue weighted by molar-refractivity contribution is -0.193. The third-order valence-electron chi connectivity index (χ3n) is 7.07. The second kappa shape index (κ2) is 19.2. The van der Waals surface area contributed by atoms with Gasteiger partial charge in [-0.3, -0.25) is 10.2 Å². The Bertz CT molecular complexity index is 1930. The average Bonchev–Trinajstić information content (AvgIpc) is 3.51. The van der Waals surface area contributed by atoms with Gasteiger partial charge in [0.2, 0.25) is 5.82 Å². The number of nitrogens with one attached hydrogen (secondary N) is 5. The van der Waals surface area contributed by atoms with E-state index < -0.39 is 36.4 Å². The molecule has 2 aromatic heterocycles. The predicted molar refractivity (Wildman–Crippen MR) is 177 cm³/mol. The van der Waals surface area contributed by atoms with E-state index in [4.69, 9.17) is 40.8 Å². The summed E-state index contributed by atoms with van der Waals surface area (Å²) in [6, 6.07) is 13.7. The van der Waals surface area contributed by atoms with E-state index in [1.165, 1.54) is 0 Å². The number of carboxylic acid groups (broad SMARTS) is 3. The Balaban J connectivity index is 0.000000423. The Kier molecular flexibility index (Phi) is 15.7. The van der Waals surface area contributed by atoms with Crippen molar-refractivity contribution in [3.05, 3.63) is 59.7 Å². The van der Waals surface area contributed by atoms with Gasteiger partial charge in [-0.25, -0.2) is 29.3 Å². The van der Waals surface area contributed by atoms with Crippen LogP contribution in [-0.4, -0.2) is 95.6 Å². The van der Waals surface area contributed by atoms with Crippen LogP contribution in [0.5, 0.6) is 0 Å². The minimum Gasteiger partial charge on any atom is -0.475 e. The van der Waals surface area contributed by atoms with Crippen molar-refractivity contribution in [2.75, 3.05) is 5.32 Å². The quantitative estimate of drug-likeness (QED) is 0.0717. The molecule has 5 rings (SSSR count). The number of carboxylic acids is 3. The minimum atomic E-state index is -5.08. The number of para-hydroxylation sites is 2. The zero-order valence-electron chi connectivity index (χ0n) is 28.5. The first-order valence-corrected chi connectivity index (χ1v) is 15.6. The second-order valence-corrected chi connectivity index (χ2v) is 11.4. The number of hydrogen-bond donors (Lipinski definition) is 9. The summed E-state index contributed by atoms with van der Waals surface area (Å²) in [5.41, 5.74) is 9.15. The summed E-state index contributed by atoms with van der Waals surface area (Å²) in [7, 11) is 0. The van der Waals surface area contributed by atoms with Crippen molar-refractivity contribution in [3.63, 3.8) is 0 Å². The van der Waals surface area contributed by atoms with Crippen LogP contribution in [0.25, 0.3) is 21.9 Å². The molecule has 0 aliphatic heterocycles. The minimum absolute atomic E-state index is 0.0152. The van der Waals surface area contributed by atoms with Gasteiger partial charge >= 0.3 is 36.4 Å². The standard InChI is InChI=1S/C25H29N9O.3C2HF3O2/c1-14-10-11-16-15(12-14)22(32-19-8-4-5-9-20(19)33-25(26)27)34-23(31-16)24(35)28-13-21-29-17-6-2-3-7-18(17)30-21;3*3-2(4,5)1(6)7/h2-3,6-7,10-12,19-20H,4-5,8-9,13H2,1H3,(H,28,35)(H,29,30)(H4,26,27,33)(H,31,32,34);3*(H,6,7). The van der Waals surface area contributed by atoms with Gasteiger partial charge in [0, 0.05) is 17.5 Å². The summed E-state index contributed by atoms with van der Waals surface area (Å²) in [4.78, 5) is 56.6. The SMILES string of the molecule is Cc1ccc2nc(C(=O)NCc3nc4ccccc4[nH]3)nc(NC3CCCCC3NC(=N)N)c2c1.O=C(O)C(F)(F)F.O=C(O)C(F)(F)F.O=C(O)C(F)(F)F. The number of aliphatic carboxylic acids is 3. The van der Waals surface area contributed by atoms with E-state index in [1.807, 2.05) is 49.4 Å².